The second kappa shape index (κ2) is 9.22. The number of nitrogens with one attached hydrogen (secondary N) is 1. The van der Waals surface area contributed by atoms with E-state index in [1.54, 1.807) is 30.2 Å². The molecule has 31 heavy (non-hydrogen) atoms. The monoisotopic (exact) mass is 480 g/mol. The van der Waals surface area contributed by atoms with Crippen LogP contribution in [0.5, 0.6) is 11.5 Å². The normalized spacial score (nSPS) is 12.7. The number of ether oxygens (including phenoxy) is 2. The molecule has 6 nitrogen and oxygen atoms in total. The first kappa shape index (κ1) is 20.9. The molecule has 1 heterocycles. The van der Waals surface area contributed by atoms with E-state index in [0.717, 1.165) is 21.3 Å². The molecule has 1 N–H and O–H groups in total. The lowest BCUT2D eigenvalue weighted by atomic mass is 10.1. The van der Waals surface area contributed by atoms with Crippen LogP contribution in [0.2, 0.25) is 0 Å². The van der Waals surface area contributed by atoms with Crippen molar-refractivity contribution in [3.8, 4) is 11.5 Å². The average Bonchev–Trinajstić information content (AvgIpc) is 2.77. The molecule has 0 spiro atoms. The first-order valence-electron chi connectivity index (χ1n) is 9.76. The van der Waals surface area contributed by atoms with Gasteiger partial charge in [0.1, 0.15) is 11.5 Å². The number of benzene rings is 3. The van der Waals surface area contributed by atoms with Crippen molar-refractivity contribution in [1.29, 1.82) is 0 Å². The lowest BCUT2D eigenvalue weighted by Gasteiger charge is -2.30. The molecule has 0 aliphatic carbocycles. The topological polar surface area (TPSA) is 67.9 Å². The number of amides is 2. The molecule has 0 saturated carbocycles. The second-order valence-electron chi connectivity index (χ2n) is 7.15. The van der Waals surface area contributed by atoms with Crippen LogP contribution >= 0.6 is 15.9 Å². The number of halogens is 1. The van der Waals surface area contributed by atoms with E-state index in [1.165, 1.54) is 0 Å². The van der Waals surface area contributed by atoms with E-state index in [0.29, 0.717) is 23.7 Å². The molecule has 1 aliphatic heterocycles. The quantitative estimate of drug-likeness (QED) is 0.561. The molecule has 158 valence electrons. The van der Waals surface area contributed by atoms with Gasteiger partial charge in [0, 0.05) is 10.2 Å². The number of rotatable bonds is 6. The molecule has 0 unspecified atom stereocenters. The zero-order valence-electron chi connectivity index (χ0n) is 16.9. The van der Waals surface area contributed by atoms with Crippen molar-refractivity contribution < 1.29 is 19.1 Å². The van der Waals surface area contributed by atoms with Gasteiger partial charge in [-0.25, -0.2) is 0 Å². The maximum absolute atomic E-state index is 12.5. The zero-order valence-corrected chi connectivity index (χ0v) is 18.5. The molecular formula is C24H21BrN2O4. The standard InChI is InChI=1S/C24H21BrN2O4/c1-30-20-9-4-16(5-10-20)12-23(28)26-19-8-11-22-21(13-19)27(24(29)15-31-22)14-17-2-6-18(25)7-3-17/h2-11,13H,12,14-15H2,1H3,(H,26,28). The highest BCUT2D eigenvalue weighted by atomic mass is 79.9. The number of hydrogen-bond acceptors (Lipinski definition) is 4. The van der Waals surface area contributed by atoms with Crippen molar-refractivity contribution in [2.24, 2.45) is 0 Å². The molecule has 7 heteroatoms. The zero-order chi connectivity index (χ0) is 21.8. The third-order valence-electron chi connectivity index (χ3n) is 4.96. The highest BCUT2D eigenvalue weighted by Crippen LogP contribution is 2.35. The summed E-state index contributed by atoms with van der Waals surface area (Å²) >= 11 is 3.42. The van der Waals surface area contributed by atoms with E-state index in [4.69, 9.17) is 9.47 Å². The number of hydrogen-bond donors (Lipinski definition) is 1. The number of anilines is 2. The van der Waals surface area contributed by atoms with Crippen LogP contribution in [0.4, 0.5) is 11.4 Å². The maximum atomic E-state index is 12.5. The van der Waals surface area contributed by atoms with Crippen LogP contribution in [0, 0.1) is 0 Å². The summed E-state index contributed by atoms with van der Waals surface area (Å²) in [5.74, 6) is 1.09. The van der Waals surface area contributed by atoms with Crippen molar-refractivity contribution >= 4 is 39.1 Å². The number of nitrogens with zero attached hydrogens (tertiary/aromatic N) is 1. The van der Waals surface area contributed by atoms with Crippen molar-refractivity contribution in [3.63, 3.8) is 0 Å². The van der Waals surface area contributed by atoms with Gasteiger partial charge in [0.05, 0.1) is 25.8 Å². The number of methoxy groups -OCH3 is 1. The predicted molar refractivity (Wildman–Crippen MR) is 123 cm³/mol. The Labute approximate surface area is 188 Å². The van der Waals surface area contributed by atoms with Crippen molar-refractivity contribution in [2.45, 2.75) is 13.0 Å². The summed E-state index contributed by atoms with van der Waals surface area (Å²) in [5.41, 5.74) is 3.13. The molecule has 3 aromatic rings. The fraction of sp³-hybridized carbons (Fsp3) is 0.167. The fourth-order valence-electron chi connectivity index (χ4n) is 3.36. The molecular weight excluding hydrogens is 460 g/mol. The smallest absolute Gasteiger partial charge is 0.265 e. The molecule has 4 rings (SSSR count). The molecule has 0 bridgehead atoms. The van der Waals surface area contributed by atoms with Gasteiger partial charge >= 0.3 is 0 Å². The Balaban J connectivity index is 1.50. The first-order chi connectivity index (χ1) is 15.0. The van der Waals surface area contributed by atoms with E-state index >= 15 is 0 Å². The Morgan fingerprint density at radius 2 is 1.77 bits per heavy atom. The third-order valence-corrected chi connectivity index (χ3v) is 5.49. The highest BCUT2D eigenvalue weighted by molar-refractivity contribution is 9.10. The predicted octanol–water partition coefficient (Wildman–Crippen LogP) is 4.56. The van der Waals surface area contributed by atoms with Gasteiger partial charge in [-0.3, -0.25) is 9.59 Å². The summed E-state index contributed by atoms with van der Waals surface area (Å²) in [6, 6.07) is 20.5. The minimum absolute atomic E-state index is 0.00724. The van der Waals surface area contributed by atoms with Crippen LogP contribution in [0.3, 0.4) is 0 Å². The van der Waals surface area contributed by atoms with Gasteiger partial charge in [0.2, 0.25) is 5.91 Å². The van der Waals surface area contributed by atoms with E-state index in [-0.39, 0.29) is 24.8 Å². The van der Waals surface area contributed by atoms with Gasteiger partial charge in [0.15, 0.2) is 6.61 Å². The maximum Gasteiger partial charge on any atom is 0.265 e. The Morgan fingerprint density at radius 3 is 2.48 bits per heavy atom. The Bertz CT molecular complexity index is 1100. The van der Waals surface area contributed by atoms with Crippen molar-refractivity contribution in [3.05, 3.63) is 82.3 Å². The van der Waals surface area contributed by atoms with E-state index in [1.807, 2.05) is 48.5 Å². The van der Waals surface area contributed by atoms with Crippen LogP contribution in [0.25, 0.3) is 0 Å². The van der Waals surface area contributed by atoms with Gasteiger partial charge in [-0.1, -0.05) is 40.2 Å². The SMILES string of the molecule is COc1ccc(CC(=O)Nc2ccc3c(c2)N(Cc2ccc(Br)cc2)C(=O)CO3)cc1. The first-order valence-corrected chi connectivity index (χ1v) is 10.6. The van der Waals surface area contributed by atoms with E-state index in [2.05, 4.69) is 21.2 Å². The van der Waals surface area contributed by atoms with Crippen LogP contribution < -0.4 is 19.7 Å². The van der Waals surface area contributed by atoms with E-state index < -0.39 is 0 Å². The van der Waals surface area contributed by atoms with Gasteiger partial charge < -0.3 is 19.7 Å². The van der Waals surface area contributed by atoms with Crippen LogP contribution in [-0.2, 0) is 22.6 Å². The summed E-state index contributed by atoms with van der Waals surface area (Å²) in [7, 11) is 1.60. The van der Waals surface area contributed by atoms with Crippen molar-refractivity contribution in [2.75, 3.05) is 23.9 Å². The molecule has 0 atom stereocenters. The van der Waals surface area contributed by atoms with Crippen LogP contribution in [0.1, 0.15) is 11.1 Å². The van der Waals surface area contributed by atoms with Crippen LogP contribution in [-0.4, -0.2) is 25.5 Å². The fourth-order valence-corrected chi connectivity index (χ4v) is 3.62. The Morgan fingerprint density at radius 1 is 1.06 bits per heavy atom. The average molecular weight is 481 g/mol. The molecule has 3 aromatic carbocycles. The number of fused-ring (bicyclic) bond motifs is 1. The van der Waals surface area contributed by atoms with Gasteiger partial charge in [-0.05, 0) is 53.6 Å². The summed E-state index contributed by atoms with van der Waals surface area (Å²) in [6.07, 6.45) is 0.235. The van der Waals surface area contributed by atoms with Crippen molar-refractivity contribution in [1.82, 2.24) is 0 Å². The summed E-state index contributed by atoms with van der Waals surface area (Å²) in [5, 5.41) is 2.91. The van der Waals surface area contributed by atoms with Gasteiger partial charge in [-0.2, -0.15) is 0 Å². The summed E-state index contributed by atoms with van der Waals surface area (Å²) < 4.78 is 11.7. The molecule has 0 aromatic heterocycles. The Hall–Kier alpha value is -3.32. The minimum atomic E-state index is -0.146. The summed E-state index contributed by atoms with van der Waals surface area (Å²) in [4.78, 5) is 26.7. The largest absolute Gasteiger partial charge is 0.497 e. The Kier molecular flexibility index (Phi) is 6.23. The molecule has 2 amide bonds. The molecule has 0 radical (unpaired) electrons. The third kappa shape index (κ3) is 5.06. The molecule has 0 fully saturated rings. The van der Waals surface area contributed by atoms with Gasteiger partial charge in [0.25, 0.3) is 5.91 Å². The number of carbonyl (C=O) groups is 2. The lowest BCUT2D eigenvalue weighted by Crippen LogP contribution is -2.38. The minimum Gasteiger partial charge on any atom is -0.497 e. The molecule has 0 saturated heterocycles. The van der Waals surface area contributed by atoms with E-state index in [9.17, 15) is 9.59 Å². The lowest BCUT2D eigenvalue weighted by molar-refractivity contribution is -0.121. The van der Waals surface area contributed by atoms with Crippen LogP contribution in [0.15, 0.2) is 71.2 Å². The second-order valence-corrected chi connectivity index (χ2v) is 8.07. The van der Waals surface area contributed by atoms with Gasteiger partial charge in [-0.15, -0.1) is 0 Å². The number of carbonyl (C=O) groups excluding carboxylic acids is 2. The summed E-state index contributed by atoms with van der Waals surface area (Å²) in [6.45, 7) is 0.415. The highest BCUT2D eigenvalue weighted by Gasteiger charge is 2.26. The molecule has 1 aliphatic rings.